The number of piperazine rings is 1. The van der Waals surface area contributed by atoms with Gasteiger partial charge in [-0.25, -0.2) is 18.4 Å². The Kier molecular flexibility index (Phi) is 7.78. The Morgan fingerprint density at radius 2 is 1.74 bits per heavy atom. The minimum atomic E-state index is -4.57. The van der Waals surface area contributed by atoms with E-state index in [-0.39, 0.29) is 16.2 Å². The van der Waals surface area contributed by atoms with Crippen LogP contribution in [0.2, 0.25) is 0 Å². The number of anilines is 2. The molecule has 11 nitrogen and oxygen atoms in total. The summed E-state index contributed by atoms with van der Waals surface area (Å²) >= 11 is 5.64. The number of nitrogens with one attached hydrogen (secondary N) is 2. The average molecular weight is 636 g/mol. The van der Waals surface area contributed by atoms with Crippen molar-refractivity contribution in [2.75, 3.05) is 69.8 Å². The maximum atomic E-state index is 13.6. The van der Waals surface area contributed by atoms with Crippen LogP contribution in [0.3, 0.4) is 0 Å². The van der Waals surface area contributed by atoms with Crippen LogP contribution in [0, 0.1) is 0 Å². The highest BCUT2D eigenvalue weighted by molar-refractivity contribution is 7.89. The van der Waals surface area contributed by atoms with Gasteiger partial charge in [-0.15, -0.1) is 0 Å². The zero-order valence-corrected chi connectivity index (χ0v) is 24.7. The van der Waals surface area contributed by atoms with Gasteiger partial charge < -0.3 is 29.6 Å². The molecule has 43 heavy (non-hydrogen) atoms. The van der Waals surface area contributed by atoms with Crippen molar-refractivity contribution in [1.29, 1.82) is 0 Å². The average Bonchev–Trinajstić information content (AvgIpc) is 3.38. The first-order valence-corrected chi connectivity index (χ1v) is 15.3. The lowest BCUT2D eigenvalue weighted by molar-refractivity contribution is -0.138. The number of aromatic amines is 1. The van der Waals surface area contributed by atoms with Crippen molar-refractivity contribution in [3.05, 3.63) is 48.3 Å². The number of hydrogen-bond acceptors (Lipinski definition) is 8. The normalized spacial score (nSPS) is 17.0. The van der Waals surface area contributed by atoms with E-state index in [1.54, 1.807) is 24.3 Å². The number of benzene rings is 2. The number of rotatable bonds is 5. The molecule has 6 rings (SSSR count). The van der Waals surface area contributed by atoms with Crippen molar-refractivity contribution < 1.29 is 31.1 Å². The summed E-state index contributed by atoms with van der Waals surface area (Å²) < 4.78 is 78.3. The number of H-pyrrole nitrogens is 1. The fourth-order valence-corrected chi connectivity index (χ4v) is 7.05. The minimum Gasteiger partial charge on any atom is -0.496 e. The van der Waals surface area contributed by atoms with Crippen molar-refractivity contribution in [3.63, 3.8) is 0 Å². The monoisotopic (exact) mass is 635 g/mol. The van der Waals surface area contributed by atoms with Crippen LogP contribution in [0.5, 0.6) is 5.75 Å². The van der Waals surface area contributed by atoms with E-state index in [1.165, 1.54) is 23.8 Å². The van der Waals surface area contributed by atoms with Crippen molar-refractivity contribution in [2.24, 2.45) is 0 Å². The summed E-state index contributed by atoms with van der Waals surface area (Å²) in [6.07, 6.45) is -3.19. The molecule has 2 saturated heterocycles. The molecule has 0 bridgehead atoms. The second-order valence-corrected chi connectivity index (χ2v) is 12.4. The second-order valence-electron chi connectivity index (χ2n) is 10.1. The molecule has 4 heterocycles. The van der Waals surface area contributed by atoms with Gasteiger partial charge in [0.05, 0.1) is 36.2 Å². The first-order valence-electron chi connectivity index (χ1n) is 13.5. The minimum absolute atomic E-state index is 0.208. The Hall–Kier alpha value is -3.73. The second kappa shape index (κ2) is 11.4. The molecule has 2 aromatic carbocycles. The molecule has 2 aliphatic heterocycles. The number of halogens is 3. The fourth-order valence-electron chi connectivity index (χ4n) is 5.34. The Morgan fingerprint density at radius 3 is 2.40 bits per heavy atom. The van der Waals surface area contributed by atoms with Gasteiger partial charge in [0, 0.05) is 55.9 Å². The Labute approximate surface area is 250 Å². The molecule has 2 aromatic heterocycles. The molecule has 2 fully saturated rings. The van der Waals surface area contributed by atoms with Gasteiger partial charge in [0.2, 0.25) is 10.0 Å². The molecular weight excluding hydrogens is 607 g/mol. The number of hydrogen-bond donors (Lipinski definition) is 2. The van der Waals surface area contributed by atoms with Gasteiger partial charge in [-0.3, -0.25) is 0 Å². The largest absolute Gasteiger partial charge is 0.496 e. The van der Waals surface area contributed by atoms with E-state index in [0.29, 0.717) is 85.5 Å². The van der Waals surface area contributed by atoms with Gasteiger partial charge in [-0.2, -0.15) is 17.5 Å². The number of methoxy groups -OCH3 is 1. The zero-order valence-electron chi connectivity index (χ0n) is 23.0. The first kappa shape index (κ1) is 29.3. The van der Waals surface area contributed by atoms with Crippen LogP contribution >= 0.6 is 12.2 Å². The molecular formula is C27H28F3N7O4S2. The van der Waals surface area contributed by atoms with Gasteiger partial charge in [-0.1, -0.05) is 0 Å². The van der Waals surface area contributed by atoms with Crippen LogP contribution in [0.25, 0.3) is 21.9 Å². The number of alkyl halides is 3. The Balaban J connectivity index is 1.15. The molecule has 0 aliphatic carbocycles. The maximum Gasteiger partial charge on any atom is 0.420 e. The molecule has 228 valence electrons. The summed E-state index contributed by atoms with van der Waals surface area (Å²) in [5.74, 6) is 0.331. The number of thiocarbonyl (C=S) groups is 1. The number of ether oxygens (including phenoxy) is 2. The van der Waals surface area contributed by atoms with Crippen molar-refractivity contribution in [2.45, 2.75) is 11.1 Å². The lowest BCUT2D eigenvalue weighted by Crippen LogP contribution is -2.50. The van der Waals surface area contributed by atoms with Crippen LogP contribution in [0.15, 0.2) is 47.6 Å². The SMILES string of the molecule is COc1cc2c(cc1C(F)(F)F)[nH]c1ncnc(N3CCN(C(=S)Nc4ccc(S(=O)(=O)N5CCOCC5)cc4)CC3)c12. The first-order chi connectivity index (χ1) is 20.6. The van der Waals surface area contributed by atoms with Crippen molar-refractivity contribution >= 4 is 60.8 Å². The molecule has 16 heteroatoms. The van der Waals surface area contributed by atoms with Gasteiger partial charge in [0.1, 0.15) is 23.5 Å². The fraction of sp³-hybridized carbons (Fsp3) is 0.370. The van der Waals surface area contributed by atoms with E-state index in [9.17, 15) is 21.6 Å². The van der Waals surface area contributed by atoms with E-state index in [2.05, 4.69) is 20.3 Å². The maximum absolute atomic E-state index is 13.6. The van der Waals surface area contributed by atoms with E-state index < -0.39 is 21.8 Å². The third-order valence-electron chi connectivity index (χ3n) is 7.57. The van der Waals surface area contributed by atoms with E-state index >= 15 is 0 Å². The van der Waals surface area contributed by atoms with Gasteiger partial charge in [0.25, 0.3) is 0 Å². The number of aromatic nitrogens is 3. The topological polar surface area (TPSA) is 116 Å². The van der Waals surface area contributed by atoms with Gasteiger partial charge in [0.15, 0.2) is 5.11 Å². The predicted octanol–water partition coefficient (Wildman–Crippen LogP) is 3.68. The van der Waals surface area contributed by atoms with Crippen LogP contribution < -0.4 is 15.0 Å². The highest BCUT2D eigenvalue weighted by Crippen LogP contribution is 2.41. The quantitative estimate of drug-likeness (QED) is 0.315. The third kappa shape index (κ3) is 5.67. The number of morpholine rings is 1. The summed E-state index contributed by atoms with van der Waals surface area (Å²) in [7, 11) is -2.38. The highest BCUT2D eigenvalue weighted by Gasteiger charge is 2.35. The predicted molar refractivity (Wildman–Crippen MR) is 159 cm³/mol. The third-order valence-corrected chi connectivity index (χ3v) is 9.85. The Bertz CT molecular complexity index is 1770. The van der Waals surface area contributed by atoms with E-state index in [0.717, 1.165) is 6.07 Å². The smallest absolute Gasteiger partial charge is 0.420 e. The lowest BCUT2D eigenvalue weighted by Gasteiger charge is -2.37. The van der Waals surface area contributed by atoms with Crippen LogP contribution in [0.4, 0.5) is 24.7 Å². The summed E-state index contributed by atoms with van der Waals surface area (Å²) in [6.45, 7) is 3.63. The molecule has 4 aromatic rings. The summed E-state index contributed by atoms with van der Waals surface area (Å²) in [6, 6.07) is 8.89. The van der Waals surface area contributed by atoms with Crippen molar-refractivity contribution in [1.82, 2.24) is 24.2 Å². The molecule has 2 N–H and O–H groups in total. The van der Waals surface area contributed by atoms with Crippen LogP contribution in [0.1, 0.15) is 5.56 Å². The standard InChI is InChI=1S/C27H28F3N7O4S2/c1-40-22-14-19-21(15-20(22)27(28,29)30)34-24-23(19)25(32-16-31-24)35-6-8-36(9-7-35)26(42)33-17-2-4-18(5-3-17)43(38,39)37-10-12-41-13-11-37/h2-5,14-16H,6-13H2,1H3,(H,33,42)(H,31,32,34). The van der Waals surface area contributed by atoms with E-state index in [4.69, 9.17) is 21.7 Å². The highest BCUT2D eigenvalue weighted by atomic mass is 32.2. The van der Waals surface area contributed by atoms with E-state index in [1.807, 2.05) is 9.80 Å². The molecule has 0 saturated carbocycles. The van der Waals surface area contributed by atoms with Gasteiger partial charge >= 0.3 is 6.18 Å². The number of nitrogens with zero attached hydrogens (tertiary/aromatic N) is 5. The molecule has 0 radical (unpaired) electrons. The molecule has 0 atom stereocenters. The number of sulfonamides is 1. The summed E-state index contributed by atoms with van der Waals surface area (Å²) in [5, 5.41) is 4.82. The Morgan fingerprint density at radius 1 is 1.05 bits per heavy atom. The van der Waals surface area contributed by atoms with Crippen molar-refractivity contribution in [3.8, 4) is 5.75 Å². The molecule has 0 unspecified atom stereocenters. The lowest BCUT2D eigenvalue weighted by atomic mass is 10.1. The molecule has 0 amide bonds. The van der Waals surface area contributed by atoms with Crippen LogP contribution in [-0.4, -0.2) is 97.3 Å². The zero-order chi connectivity index (χ0) is 30.4. The molecule has 2 aliphatic rings. The summed E-state index contributed by atoms with van der Waals surface area (Å²) in [5.41, 5.74) is 0.515. The van der Waals surface area contributed by atoms with Gasteiger partial charge in [-0.05, 0) is 48.6 Å². The van der Waals surface area contributed by atoms with Crippen LogP contribution in [-0.2, 0) is 20.9 Å². The molecule has 0 spiro atoms. The number of fused-ring (bicyclic) bond motifs is 3. The summed E-state index contributed by atoms with van der Waals surface area (Å²) in [4.78, 5) is 16.0.